The minimum atomic E-state index is -4.95. The molecular weight excluding hydrogens is 1220 g/mol. The second kappa shape index (κ2) is 66.0. The van der Waals surface area contributed by atoms with Crippen LogP contribution < -0.4 is 0 Å². The number of aliphatic hydroxyl groups is 1. The van der Waals surface area contributed by atoms with Crippen molar-refractivity contribution in [2.75, 3.05) is 39.6 Å². The molecule has 0 aliphatic carbocycles. The van der Waals surface area contributed by atoms with Crippen LogP contribution in [0.25, 0.3) is 0 Å². The van der Waals surface area contributed by atoms with Crippen LogP contribution in [0.5, 0.6) is 0 Å². The first-order valence-corrected chi connectivity index (χ1v) is 41.5. The topological polar surface area (TPSA) is 237 Å². The molecule has 0 saturated carbocycles. The second-order valence-electron chi connectivity index (χ2n) is 27.6. The SMILES string of the molecule is CCCCCCCCCCCCCCCCCCCCCCCC(=O)O[C@H](COC(=O)CCCCCCCCCCCCCCCCCC(C)C)COP(=O)(O)OC[C@@H](O)COP(=O)(O)OC[C@@H](COC(=O)CCCCCCC)OC(=O)CCCCCCCCC(C)C. The molecule has 552 valence electrons. The lowest BCUT2D eigenvalue weighted by Gasteiger charge is -2.21. The Morgan fingerprint density at radius 2 is 0.495 bits per heavy atom. The van der Waals surface area contributed by atoms with Crippen LogP contribution in [-0.4, -0.2) is 96.7 Å². The number of unbranched alkanes of at least 4 members (excludes halogenated alkanes) is 43. The molecule has 5 atom stereocenters. The standard InChI is InChI=1S/C74H144O17P2/c1-7-9-11-13-14-15-16-17-18-19-20-21-22-23-26-30-33-36-39-46-52-58-73(78)90-70(63-85-72(77)57-51-45-38-35-32-29-27-24-25-28-31-34-37-43-48-54-66(3)4)65-89-93(82,83)87-61-68(75)60-86-92(80,81)88-64-69(62-84-71(76)56-50-42-12-10-8-2)91-74(79)59-53-47-41-40-44-49-55-67(5)6/h66-70,75H,7-65H2,1-6H3,(H,80,81)(H,82,83)/t68-,69+,70+/m0/s1. The molecule has 0 rings (SSSR count). The van der Waals surface area contributed by atoms with Crippen LogP contribution in [0.15, 0.2) is 0 Å². The van der Waals surface area contributed by atoms with Gasteiger partial charge in [-0.1, -0.05) is 330 Å². The Hall–Kier alpha value is -1.94. The largest absolute Gasteiger partial charge is 0.472 e. The Morgan fingerprint density at radius 3 is 0.731 bits per heavy atom. The first-order chi connectivity index (χ1) is 44.9. The number of hydrogen-bond donors (Lipinski definition) is 3. The summed E-state index contributed by atoms with van der Waals surface area (Å²) in [5.74, 6) is -0.660. The van der Waals surface area contributed by atoms with Crippen molar-refractivity contribution in [3.8, 4) is 0 Å². The molecule has 17 nitrogen and oxygen atoms in total. The second-order valence-corrected chi connectivity index (χ2v) is 30.5. The van der Waals surface area contributed by atoms with Crippen LogP contribution in [0.1, 0.15) is 382 Å². The molecule has 2 unspecified atom stereocenters. The average molecular weight is 1370 g/mol. The van der Waals surface area contributed by atoms with Crippen molar-refractivity contribution in [3.63, 3.8) is 0 Å². The minimum Gasteiger partial charge on any atom is -0.462 e. The molecule has 0 aliphatic rings. The van der Waals surface area contributed by atoms with E-state index in [2.05, 4.69) is 41.5 Å². The van der Waals surface area contributed by atoms with Gasteiger partial charge >= 0.3 is 39.5 Å². The van der Waals surface area contributed by atoms with Gasteiger partial charge in [0, 0.05) is 25.7 Å². The predicted octanol–water partition coefficient (Wildman–Crippen LogP) is 21.6. The molecule has 0 spiro atoms. The van der Waals surface area contributed by atoms with Gasteiger partial charge in [0.25, 0.3) is 0 Å². The van der Waals surface area contributed by atoms with Crippen LogP contribution in [-0.2, 0) is 65.4 Å². The van der Waals surface area contributed by atoms with Crippen LogP contribution >= 0.6 is 15.6 Å². The number of carbonyl (C=O) groups is 4. The fourth-order valence-corrected chi connectivity index (χ4v) is 12.9. The summed E-state index contributed by atoms with van der Waals surface area (Å²) in [5, 5.41) is 10.6. The zero-order valence-electron chi connectivity index (χ0n) is 60.6. The van der Waals surface area contributed by atoms with Gasteiger partial charge in [-0.2, -0.15) is 0 Å². The number of ether oxygens (including phenoxy) is 4. The van der Waals surface area contributed by atoms with Crippen LogP contribution in [0.2, 0.25) is 0 Å². The maximum absolute atomic E-state index is 13.1. The lowest BCUT2D eigenvalue weighted by atomic mass is 10.0. The molecule has 93 heavy (non-hydrogen) atoms. The number of rotatable bonds is 73. The van der Waals surface area contributed by atoms with Gasteiger partial charge in [-0.05, 0) is 37.5 Å². The quantitative estimate of drug-likeness (QED) is 0.0222. The number of esters is 4. The third kappa shape index (κ3) is 68.4. The molecule has 0 bridgehead atoms. The van der Waals surface area contributed by atoms with Crippen molar-refractivity contribution >= 4 is 39.5 Å². The van der Waals surface area contributed by atoms with E-state index in [1.165, 1.54) is 193 Å². The first kappa shape index (κ1) is 91.1. The Balaban J connectivity index is 5.10. The molecular formula is C74H144O17P2. The van der Waals surface area contributed by atoms with Crippen molar-refractivity contribution in [1.82, 2.24) is 0 Å². The highest BCUT2D eigenvalue weighted by Gasteiger charge is 2.30. The van der Waals surface area contributed by atoms with Gasteiger partial charge in [0.2, 0.25) is 0 Å². The molecule has 3 N–H and O–H groups in total. The van der Waals surface area contributed by atoms with Crippen LogP contribution in [0.3, 0.4) is 0 Å². The summed E-state index contributed by atoms with van der Waals surface area (Å²) >= 11 is 0. The summed E-state index contributed by atoms with van der Waals surface area (Å²) in [7, 11) is -9.89. The smallest absolute Gasteiger partial charge is 0.462 e. The zero-order valence-corrected chi connectivity index (χ0v) is 62.3. The monoisotopic (exact) mass is 1370 g/mol. The maximum Gasteiger partial charge on any atom is 0.472 e. The fraction of sp³-hybridized carbons (Fsp3) is 0.946. The molecule has 19 heteroatoms. The van der Waals surface area contributed by atoms with Gasteiger partial charge in [0.05, 0.1) is 26.4 Å². The first-order valence-electron chi connectivity index (χ1n) is 38.5. The van der Waals surface area contributed by atoms with Gasteiger partial charge in [-0.25, -0.2) is 9.13 Å². The van der Waals surface area contributed by atoms with E-state index in [1.54, 1.807) is 0 Å². The third-order valence-corrected chi connectivity index (χ3v) is 19.1. The summed E-state index contributed by atoms with van der Waals surface area (Å²) in [6, 6.07) is 0. The van der Waals surface area contributed by atoms with Crippen molar-refractivity contribution in [2.24, 2.45) is 11.8 Å². The lowest BCUT2D eigenvalue weighted by Crippen LogP contribution is -2.30. The van der Waals surface area contributed by atoms with Gasteiger partial charge in [0.15, 0.2) is 12.2 Å². The average Bonchev–Trinajstić information content (AvgIpc) is 3.22. The van der Waals surface area contributed by atoms with E-state index in [0.717, 1.165) is 102 Å². The zero-order chi connectivity index (χ0) is 68.6. The minimum absolute atomic E-state index is 0.101. The van der Waals surface area contributed by atoms with Crippen molar-refractivity contribution < 1.29 is 80.2 Å². The van der Waals surface area contributed by atoms with Gasteiger partial charge in [0.1, 0.15) is 19.3 Å². The Labute approximate surface area is 568 Å². The lowest BCUT2D eigenvalue weighted by molar-refractivity contribution is -0.161. The van der Waals surface area contributed by atoms with E-state index in [4.69, 9.17) is 37.0 Å². The summed E-state index contributed by atoms with van der Waals surface area (Å²) < 4.78 is 68.1. The van der Waals surface area contributed by atoms with Crippen molar-refractivity contribution in [2.45, 2.75) is 400 Å². The Kier molecular flexibility index (Phi) is 64.6. The number of phosphoric ester groups is 2. The Morgan fingerprint density at radius 1 is 0.290 bits per heavy atom. The highest BCUT2D eigenvalue weighted by atomic mass is 31.2. The molecule has 0 heterocycles. The molecule has 0 saturated heterocycles. The molecule has 0 radical (unpaired) electrons. The van der Waals surface area contributed by atoms with Crippen LogP contribution in [0, 0.1) is 11.8 Å². The molecule has 0 aromatic carbocycles. The molecule has 0 aromatic heterocycles. The van der Waals surface area contributed by atoms with E-state index < -0.39 is 97.5 Å². The third-order valence-electron chi connectivity index (χ3n) is 17.2. The summed E-state index contributed by atoms with van der Waals surface area (Å²) in [6.07, 6.45) is 53.6. The number of carbonyl (C=O) groups excluding carboxylic acids is 4. The molecule has 0 fully saturated rings. The predicted molar refractivity (Wildman–Crippen MR) is 377 cm³/mol. The number of aliphatic hydroxyl groups excluding tert-OH is 1. The van der Waals surface area contributed by atoms with Gasteiger partial charge < -0.3 is 33.8 Å². The van der Waals surface area contributed by atoms with E-state index in [0.29, 0.717) is 31.6 Å². The molecule has 0 amide bonds. The van der Waals surface area contributed by atoms with Gasteiger partial charge in [-0.15, -0.1) is 0 Å². The van der Waals surface area contributed by atoms with E-state index in [-0.39, 0.29) is 25.7 Å². The van der Waals surface area contributed by atoms with E-state index in [9.17, 15) is 43.2 Å². The molecule has 0 aliphatic heterocycles. The molecule has 0 aromatic rings. The summed E-state index contributed by atoms with van der Waals surface area (Å²) in [6.45, 7) is 9.41. The van der Waals surface area contributed by atoms with Crippen LogP contribution in [0.4, 0.5) is 0 Å². The fourth-order valence-electron chi connectivity index (χ4n) is 11.3. The van der Waals surface area contributed by atoms with E-state index in [1.807, 2.05) is 0 Å². The number of phosphoric acid groups is 2. The normalized spacial score (nSPS) is 14.1. The Bertz CT molecular complexity index is 1800. The summed E-state index contributed by atoms with van der Waals surface area (Å²) in [5.41, 5.74) is 0. The van der Waals surface area contributed by atoms with Gasteiger partial charge in [-0.3, -0.25) is 37.3 Å². The highest BCUT2D eigenvalue weighted by molar-refractivity contribution is 7.47. The van der Waals surface area contributed by atoms with E-state index >= 15 is 0 Å². The number of hydrogen-bond acceptors (Lipinski definition) is 15. The van der Waals surface area contributed by atoms with Crippen molar-refractivity contribution in [1.29, 1.82) is 0 Å². The maximum atomic E-state index is 13.1. The highest BCUT2D eigenvalue weighted by Crippen LogP contribution is 2.45. The summed E-state index contributed by atoms with van der Waals surface area (Å²) in [4.78, 5) is 72.3. The van der Waals surface area contributed by atoms with Crippen molar-refractivity contribution in [3.05, 3.63) is 0 Å².